The van der Waals surface area contributed by atoms with Crippen LogP contribution >= 0.6 is 0 Å². The lowest BCUT2D eigenvalue weighted by Gasteiger charge is -2.19. The predicted molar refractivity (Wildman–Crippen MR) is 64.3 cm³/mol. The molecular weight excluding hydrogens is 202 g/mol. The Bertz CT molecular complexity index is 236. The maximum atomic E-state index is 12.0. The summed E-state index contributed by atoms with van der Waals surface area (Å²) in [7, 11) is 2.11. The van der Waals surface area contributed by atoms with E-state index in [4.69, 9.17) is 0 Å². The molecule has 16 heavy (non-hydrogen) atoms. The Morgan fingerprint density at radius 2 is 2.19 bits per heavy atom. The van der Waals surface area contributed by atoms with E-state index in [0.29, 0.717) is 6.04 Å². The third-order valence-electron chi connectivity index (χ3n) is 3.61. The molecule has 2 heterocycles. The standard InChI is InChI=1S/C12H23N3O/c1-15-8-6-10(9-15)14-12(16)11-5-3-2-4-7-13-11/h10-11,13H,2-9H2,1H3,(H,14,16). The summed E-state index contributed by atoms with van der Waals surface area (Å²) in [6, 6.07) is 0.413. The number of nitrogens with one attached hydrogen (secondary N) is 2. The molecule has 0 aromatic heterocycles. The number of carbonyl (C=O) groups excluding carboxylic acids is 1. The van der Waals surface area contributed by atoms with Crippen LogP contribution in [0.25, 0.3) is 0 Å². The highest BCUT2D eigenvalue weighted by Gasteiger charge is 2.25. The lowest BCUT2D eigenvalue weighted by Crippen LogP contribution is -2.48. The van der Waals surface area contributed by atoms with E-state index in [2.05, 4.69) is 22.6 Å². The van der Waals surface area contributed by atoms with Crippen LogP contribution < -0.4 is 10.6 Å². The van der Waals surface area contributed by atoms with E-state index in [9.17, 15) is 4.79 Å². The maximum absolute atomic E-state index is 12.0. The monoisotopic (exact) mass is 225 g/mol. The zero-order valence-corrected chi connectivity index (χ0v) is 10.2. The summed E-state index contributed by atoms with van der Waals surface area (Å²) in [4.78, 5) is 14.3. The van der Waals surface area contributed by atoms with Crippen LogP contribution in [0.15, 0.2) is 0 Å². The van der Waals surface area contributed by atoms with Gasteiger partial charge in [0.15, 0.2) is 0 Å². The fourth-order valence-corrected chi connectivity index (χ4v) is 2.61. The second kappa shape index (κ2) is 5.64. The van der Waals surface area contributed by atoms with Crippen molar-refractivity contribution in [2.45, 2.75) is 44.2 Å². The minimum absolute atomic E-state index is 0.0495. The number of carbonyl (C=O) groups is 1. The number of likely N-dealkylation sites (N-methyl/N-ethyl adjacent to an activating group) is 1. The molecule has 0 aromatic rings. The van der Waals surface area contributed by atoms with Crippen molar-refractivity contribution in [2.75, 3.05) is 26.7 Å². The number of hydrogen-bond acceptors (Lipinski definition) is 3. The largest absolute Gasteiger partial charge is 0.351 e. The Hall–Kier alpha value is -0.610. The van der Waals surface area contributed by atoms with Crippen LogP contribution in [0.4, 0.5) is 0 Å². The van der Waals surface area contributed by atoms with Crippen LogP contribution in [0.3, 0.4) is 0 Å². The number of nitrogens with zero attached hydrogens (tertiary/aromatic N) is 1. The highest BCUT2D eigenvalue weighted by atomic mass is 16.2. The number of rotatable bonds is 2. The van der Waals surface area contributed by atoms with Gasteiger partial charge in [0, 0.05) is 12.6 Å². The Balaban J connectivity index is 1.77. The Labute approximate surface area is 97.8 Å². The van der Waals surface area contributed by atoms with E-state index < -0.39 is 0 Å². The van der Waals surface area contributed by atoms with Gasteiger partial charge in [-0.2, -0.15) is 0 Å². The number of amides is 1. The van der Waals surface area contributed by atoms with Gasteiger partial charge in [-0.25, -0.2) is 0 Å². The average molecular weight is 225 g/mol. The predicted octanol–water partition coefficient (Wildman–Crippen LogP) is 0.339. The maximum Gasteiger partial charge on any atom is 0.237 e. The average Bonchev–Trinajstić information content (AvgIpc) is 2.56. The molecule has 0 bridgehead atoms. The van der Waals surface area contributed by atoms with E-state index in [0.717, 1.165) is 32.5 Å². The van der Waals surface area contributed by atoms with Gasteiger partial charge in [-0.3, -0.25) is 4.79 Å². The molecule has 2 unspecified atom stereocenters. The molecule has 2 fully saturated rings. The first-order chi connectivity index (χ1) is 7.75. The molecule has 0 aliphatic carbocycles. The van der Waals surface area contributed by atoms with Gasteiger partial charge in [-0.1, -0.05) is 12.8 Å². The normalized spacial score (nSPS) is 32.3. The van der Waals surface area contributed by atoms with Gasteiger partial charge < -0.3 is 15.5 Å². The van der Waals surface area contributed by atoms with Crippen LogP contribution in [0, 0.1) is 0 Å². The second-order valence-electron chi connectivity index (χ2n) is 5.11. The number of likely N-dealkylation sites (tertiary alicyclic amines) is 1. The van der Waals surface area contributed by atoms with Crippen LogP contribution in [0.1, 0.15) is 32.1 Å². The lowest BCUT2D eigenvalue weighted by atomic mass is 10.1. The highest BCUT2D eigenvalue weighted by molar-refractivity contribution is 5.82. The van der Waals surface area contributed by atoms with E-state index in [-0.39, 0.29) is 11.9 Å². The molecule has 0 spiro atoms. The van der Waals surface area contributed by atoms with Gasteiger partial charge in [-0.05, 0) is 39.4 Å². The molecule has 0 aromatic carbocycles. The van der Waals surface area contributed by atoms with E-state index in [1.54, 1.807) is 0 Å². The summed E-state index contributed by atoms with van der Waals surface area (Å²) < 4.78 is 0. The van der Waals surface area contributed by atoms with Crippen LogP contribution in [0.5, 0.6) is 0 Å². The van der Waals surface area contributed by atoms with Gasteiger partial charge in [0.1, 0.15) is 0 Å². The zero-order chi connectivity index (χ0) is 11.4. The molecular formula is C12H23N3O. The molecule has 0 saturated carbocycles. The summed E-state index contributed by atoms with van der Waals surface area (Å²) in [6.07, 6.45) is 5.72. The fourth-order valence-electron chi connectivity index (χ4n) is 2.61. The quantitative estimate of drug-likeness (QED) is 0.712. The second-order valence-corrected chi connectivity index (χ2v) is 5.11. The van der Waals surface area contributed by atoms with Crippen molar-refractivity contribution in [1.29, 1.82) is 0 Å². The van der Waals surface area contributed by atoms with Crippen molar-refractivity contribution in [2.24, 2.45) is 0 Å². The molecule has 2 aliphatic rings. The SMILES string of the molecule is CN1CCC(NC(=O)C2CCCCCN2)C1. The van der Waals surface area contributed by atoms with Crippen molar-refractivity contribution >= 4 is 5.91 Å². The van der Waals surface area contributed by atoms with Crippen molar-refractivity contribution < 1.29 is 4.79 Å². The number of hydrogen-bond donors (Lipinski definition) is 2. The molecule has 1 amide bonds. The zero-order valence-electron chi connectivity index (χ0n) is 10.2. The Morgan fingerprint density at radius 1 is 1.31 bits per heavy atom. The molecule has 2 N–H and O–H groups in total. The topological polar surface area (TPSA) is 44.4 Å². The van der Waals surface area contributed by atoms with Crippen molar-refractivity contribution in [1.82, 2.24) is 15.5 Å². The van der Waals surface area contributed by atoms with E-state index in [1.165, 1.54) is 19.3 Å². The first kappa shape index (κ1) is 11.9. The van der Waals surface area contributed by atoms with Gasteiger partial charge in [0.05, 0.1) is 6.04 Å². The first-order valence-electron chi connectivity index (χ1n) is 6.48. The van der Waals surface area contributed by atoms with Gasteiger partial charge >= 0.3 is 0 Å². The minimum atomic E-state index is 0.0495. The van der Waals surface area contributed by atoms with Crippen molar-refractivity contribution in [3.05, 3.63) is 0 Å². The molecule has 2 saturated heterocycles. The highest BCUT2D eigenvalue weighted by Crippen LogP contribution is 2.10. The third kappa shape index (κ3) is 3.19. The molecule has 0 radical (unpaired) electrons. The summed E-state index contributed by atoms with van der Waals surface area (Å²) in [5.41, 5.74) is 0. The summed E-state index contributed by atoms with van der Waals surface area (Å²) in [6.45, 7) is 3.09. The molecule has 4 nitrogen and oxygen atoms in total. The smallest absolute Gasteiger partial charge is 0.237 e. The third-order valence-corrected chi connectivity index (χ3v) is 3.61. The van der Waals surface area contributed by atoms with Gasteiger partial charge in [-0.15, -0.1) is 0 Å². The summed E-state index contributed by atoms with van der Waals surface area (Å²) in [5, 5.41) is 6.50. The Kier molecular flexibility index (Phi) is 4.18. The minimum Gasteiger partial charge on any atom is -0.351 e. The van der Waals surface area contributed by atoms with Crippen LogP contribution in [-0.4, -0.2) is 49.6 Å². The Morgan fingerprint density at radius 3 is 2.94 bits per heavy atom. The van der Waals surface area contributed by atoms with Gasteiger partial charge in [0.2, 0.25) is 5.91 Å². The summed E-state index contributed by atoms with van der Waals surface area (Å²) >= 11 is 0. The fraction of sp³-hybridized carbons (Fsp3) is 0.917. The van der Waals surface area contributed by atoms with E-state index in [1.807, 2.05) is 0 Å². The molecule has 2 rings (SSSR count). The van der Waals surface area contributed by atoms with Crippen molar-refractivity contribution in [3.8, 4) is 0 Å². The summed E-state index contributed by atoms with van der Waals surface area (Å²) in [5.74, 6) is 0.210. The molecule has 92 valence electrons. The molecule has 2 aliphatic heterocycles. The van der Waals surface area contributed by atoms with Gasteiger partial charge in [0.25, 0.3) is 0 Å². The van der Waals surface area contributed by atoms with E-state index >= 15 is 0 Å². The van der Waals surface area contributed by atoms with Crippen LogP contribution in [-0.2, 0) is 4.79 Å². The van der Waals surface area contributed by atoms with Crippen LogP contribution in [0.2, 0.25) is 0 Å². The molecule has 2 atom stereocenters. The van der Waals surface area contributed by atoms with Crippen molar-refractivity contribution in [3.63, 3.8) is 0 Å². The first-order valence-corrected chi connectivity index (χ1v) is 6.48. The molecule has 4 heteroatoms. The lowest BCUT2D eigenvalue weighted by molar-refractivity contribution is -0.123.